The minimum Gasteiger partial charge on any atom is -0.383 e. The Morgan fingerprint density at radius 1 is 1.13 bits per heavy atom. The molecule has 1 aliphatic heterocycles. The third-order valence-electron chi connectivity index (χ3n) is 6.14. The minimum absolute atomic E-state index is 0.0130. The van der Waals surface area contributed by atoms with Gasteiger partial charge in [0.2, 0.25) is 0 Å². The monoisotopic (exact) mass is 434 g/mol. The number of aromatic nitrogens is 2. The number of thiocarbonyl (C=S) groups is 1. The Balaban J connectivity index is 1.83. The van der Waals surface area contributed by atoms with E-state index in [0.29, 0.717) is 6.61 Å². The zero-order valence-corrected chi connectivity index (χ0v) is 19.4. The third kappa shape index (κ3) is 3.98. The van der Waals surface area contributed by atoms with E-state index < -0.39 is 0 Å². The van der Waals surface area contributed by atoms with Crippen LogP contribution in [0.25, 0.3) is 5.69 Å². The maximum atomic E-state index is 5.75. The fraction of sp³-hybridized carbons (Fsp3) is 0.360. The lowest BCUT2D eigenvalue weighted by Crippen LogP contribution is -2.32. The Kier molecular flexibility index (Phi) is 6.39. The molecule has 1 N–H and O–H groups in total. The van der Waals surface area contributed by atoms with Gasteiger partial charge in [0, 0.05) is 36.9 Å². The SMILES string of the molecule is CCc1ccccc1-n1c(C)cc([C@H]2[C@H](c3ccccn3)NC(=S)N2CCOC)c1C. The fourth-order valence-electron chi connectivity index (χ4n) is 4.66. The highest BCUT2D eigenvalue weighted by molar-refractivity contribution is 7.80. The van der Waals surface area contributed by atoms with E-state index in [4.69, 9.17) is 17.0 Å². The predicted octanol–water partition coefficient (Wildman–Crippen LogP) is 4.67. The molecule has 162 valence electrons. The Hall–Kier alpha value is -2.70. The van der Waals surface area contributed by atoms with E-state index in [1.165, 1.54) is 28.2 Å². The Bertz CT molecular complexity index is 1060. The number of rotatable bonds is 7. The molecule has 6 heteroatoms. The standard InChI is InChI=1S/C25H30N4OS/c1-5-19-10-6-7-12-22(19)29-17(2)16-20(18(29)3)24-23(21-11-8-9-13-26-21)27-25(31)28(24)14-15-30-4/h6-13,16,23-24H,5,14-15H2,1-4H3,(H,27,31)/t23-,24-/m0/s1. The van der Waals surface area contributed by atoms with E-state index in [9.17, 15) is 0 Å². The molecule has 0 radical (unpaired) electrons. The molecule has 3 heterocycles. The summed E-state index contributed by atoms with van der Waals surface area (Å²) < 4.78 is 7.76. The van der Waals surface area contributed by atoms with Crippen molar-refractivity contribution < 1.29 is 4.74 Å². The van der Waals surface area contributed by atoms with Gasteiger partial charge < -0.3 is 19.5 Å². The van der Waals surface area contributed by atoms with Gasteiger partial charge in [0.15, 0.2) is 5.11 Å². The number of hydrogen-bond donors (Lipinski definition) is 1. The lowest BCUT2D eigenvalue weighted by atomic mass is 9.97. The summed E-state index contributed by atoms with van der Waals surface area (Å²) in [5, 5.41) is 4.27. The summed E-state index contributed by atoms with van der Waals surface area (Å²) in [6.45, 7) is 7.94. The molecule has 5 nitrogen and oxygen atoms in total. The summed E-state index contributed by atoms with van der Waals surface area (Å²) in [5.41, 5.74) is 7.30. The summed E-state index contributed by atoms with van der Waals surface area (Å²) >= 11 is 5.75. The average molecular weight is 435 g/mol. The molecule has 0 saturated carbocycles. The van der Waals surface area contributed by atoms with Gasteiger partial charge in [0.25, 0.3) is 0 Å². The van der Waals surface area contributed by atoms with E-state index in [1.54, 1.807) is 7.11 Å². The molecule has 1 saturated heterocycles. The van der Waals surface area contributed by atoms with Crippen LogP contribution in [0.4, 0.5) is 0 Å². The second kappa shape index (κ2) is 9.20. The van der Waals surface area contributed by atoms with E-state index in [0.717, 1.165) is 23.8 Å². The van der Waals surface area contributed by atoms with Crippen molar-refractivity contribution in [3.8, 4) is 5.69 Å². The average Bonchev–Trinajstić information content (AvgIpc) is 3.27. The predicted molar refractivity (Wildman–Crippen MR) is 129 cm³/mol. The third-order valence-corrected chi connectivity index (χ3v) is 6.49. The van der Waals surface area contributed by atoms with Crippen LogP contribution in [-0.4, -0.2) is 39.8 Å². The van der Waals surface area contributed by atoms with E-state index in [2.05, 4.69) is 76.9 Å². The molecule has 31 heavy (non-hydrogen) atoms. The molecule has 2 aromatic heterocycles. The van der Waals surface area contributed by atoms with Crippen LogP contribution in [0.3, 0.4) is 0 Å². The number of ether oxygens (including phenoxy) is 1. The molecule has 1 fully saturated rings. The Morgan fingerprint density at radius 2 is 1.90 bits per heavy atom. The lowest BCUT2D eigenvalue weighted by Gasteiger charge is -2.28. The second-order valence-corrected chi connectivity index (χ2v) is 8.34. The van der Waals surface area contributed by atoms with Gasteiger partial charge in [-0.2, -0.15) is 0 Å². The molecular weight excluding hydrogens is 404 g/mol. The van der Waals surface area contributed by atoms with Crippen LogP contribution in [-0.2, 0) is 11.2 Å². The van der Waals surface area contributed by atoms with Crippen molar-refractivity contribution in [1.82, 2.24) is 19.8 Å². The quantitative estimate of drug-likeness (QED) is 0.548. The van der Waals surface area contributed by atoms with Crippen molar-refractivity contribution in [2.75, 3.05) is 20.3 Å². The highest BCUT2D eigenvalue weighted by Crippen LogP contribution is 2.41. The summed E-state index contributed by atoms with van der Waals surface area (Å²) in [4.78, 5) is 6.89. The molecule has 0 bridgehead atoms. The number of methoxy groups -OCH3 is 1. The van der Waals surface area contributed by atoms with Crippen LogP contribution in [0.1, 0.15) is 47.2 Å². The van der Waals surface area contributed by atoms with Crippen molar-refractivity contribution in [3.63, 3.8) is 0 Å². The molecule has 0 amide bonds. The van der Waals surface area contributed by atoms with Gasteiger partial charge in [-0.15, -0.1) is 0 Å². The number of benzene rings is 1. The number of hydrogen-bond acceptors (Lipinski definition) is 3. The highest BCUT2D eigenvalue weighted by Gasteiger charge is 2.41. The lowest BCUT2D eigenvalue weighted by molar-refractivity contribution is 0.164. The van der Waals surface area contributed by atoms with Crippen LogP contribution in [0, 0.1) is 13.8 Å². The van der Waals surface area contributed by atoms with Gasteiger partial charge in [0.05, 0.1) is 24.4 Å². The number of nitrogens with one attached hydrogen (secondary N) is 1. The molecule has 0 spiro atoms. The summed E-state index contributed by atoms with van der Waals surface area (Å²) in [7, 11) is 1.73. The van der Waals surface area contributed by atoms with Gasteiger partial charge in [-0.25, -0.2) is 0 Å². The topological polar surface area (TPSA) is 42.3 Å². The van der Waals surface area contributed by atoms with Gasteiger partial charge in [-0.3, -0.25) is 4.98 Å². The zero-order valence-electron chi connectivity index (χ0n) is 18.6. The normalized spacial score (nSPS) is 18.5. The first-order chi connectivity index (χ1) is 15.1. The zero-order chi connectivity index (χ0) is 22.0. The fourth-order valence-corrected chi connectivity index (χ4v) is 4.99. The maximum absolute atomic E-state index is 5.75. The van der Waals surface area contributed by atoms with Gasteiger partial charge in [0.1, 0.15) is 0 Å². The molecule has 1 aliphatic rings. The van der Waals surface area contributed by atoms with Crippen LogP contribution >= 0.6 is 12.2 Å². The summed E-state index contributed by atoms with van der Waals surface area (Å²) in [6, 6.07) is 17.0. The van der Waals surface area contributed by atoms with E-state index in [1.807, 2.05) is 18.3 Å². The van der Waals surface area contributed by atoms with Crippen molar-refractivity contribution in [3.05, 3.63) is 82.9 Å². The number of aryl methyl sites for hydroxylation is 2. The first kappa shape index (κ1) is 21.5. The molecule has 0 unspecified atom stereocenters. The molecule has 3 aromatic rings. The van der Waals surface area contributed by atoms with Crippen molar-refractivity contribution in [2.45, 2.75) is 39.3 Å². The van der Waals surface area contributed by atoms with Crippen LogP contribution < -0.4 is 5.32 Å². The highest BCUT2D eigenvalue weighted by atomic mass is 32.1. The number of nitrogens with zero attached hydrogens (tertiary/aromatic N) is 3. The van der Waals surface area contributed by atoms with Crippen LogP contribution in [0.15, 0.2) is 54.7 Å². The largest absolute Gasteiger partial charge is 0.383 e. The van der Waals surface area contributed by atoms with Gasteiger partial charge in [-0.1, -0.05) is 31.2 Å². The smallest absolute Gasteiger partial charge is 0.170 e. The van der Waals surface area contributed by atoms with Crippen LogP contribution in [0.5, 0.6) is 0 Å². The number of para-hydroxylation sites is 1. The van der Waals surface area contributed by atoms with Crippen LogP contribution in [0.2, 0.25) is 0 Å². The van der Waals surface area contributed by atoms with Crippen molar-refractivity contribution >= 4 is 17.3 Å². The first-order valence-electron chi connectivity index (χ1n) is 10.8. The molecule has 1 aromatic carbocycles. The Labute approximate surface area is 190 Å². The van der Waals surface area contributed by atoms with E-state index in [-0.39, 0.29) is 12.1 Å². The molecule has 0 aliphatic carbocycles. The van der Waals surface area contributed by atoms with Crippen molar-refractivity contribution in [2.24, 2.45) is 0 Å². The van der Waals surface area contributed by atoms with Crippen molar-refractivity contribution in [1.29, 1.82) is 0 Å². The second-order valence-electron chi connectivity index (χ2n) is 7.96. The minimum atomic E-state index is -0.0130. The first-order valence-corrected chi connectivity index (χ1v) is 11.2. The maximum Gasteiger partial charge on any atom is 0.170 e. The van der Waals surface area contributed by atoms with Gasteiger partial charge >= 0.3 is 0 Å². The molecular formula is C25H30N4OS. The summed E-state index contributed by atoms with van der Waals surface area (Å²) in [6.07, 6.45) is 2.84. The number of pyridine rings is 1. The Morgan fingerprint density at radius 3 is 2.61 bits per heavy atom. The summed E-state index contributed by atoms with van der Waals surface area (Å²) in [5.74, 6) is 0. The van der Waals surface area contributed by atoms with Gasteiger partial charge in [-0.05, 0) is 67.9 Å². The molecule has 2 atom stereocenters. The van der Waals surface area contributed by atoms with E-state index >= 15 is 0 Å². The molecule has 4 rings (SSSR count).